The van der Waals surface area contributed by atoms with Crippen LogP contribution in [0.5, 0.6) is 0 Å². The van der Waals surface area contributed by atoms with Crippen molar-refractivity contribution in [2.75, 3.05) is 13.1 Å². The van der Waals surface area contributed by atoms with Gasteiger partial charge in [0.05, 0.1) is 10.2 Å². The summed E-state index contributed by atoms with van der Waals surface area (Å²) in [5.74, 6) is 0. The van der Waals surface area contributed by atoms with E-state index in [1.165, 1.54) is 0 Å². The molecule has 1 aromatic heterocycles. The van der Waals surface area contributed by atoms with Crippen LogP contribution in [0.2, 0.25) is 0 Å². The summed E-state index contributed by atoms with van der Waals surface area (Å²) in [4.78, 5) is 0. The van der Waals surface area contributed by atoms with E-state index in [9.17, 15) is 4.39 Å². The number of aryl methyl sites for hydroxylation is 1. The zero-order valence-corrected chi connectivity index (χ0v) is 11.2. The Kier molecular flexibility index (Phi) is 3.50. The Morgan fingerprint density at radius 2 is 2.24 bits per heavy atom. The number of alkyl halides is 1. The Morgan fingerprint density at radius 1 is 1.59 bits per heavy atom. The fourth-order valence-electron chi connectivity index (χ4n) is 2.15. The molecule has 1 fully saturated rings. The molecule has 0 unspecified atom stereocenters. The van der Waals surface area contributed by atoms with Crippen LogP contribution in [0.1, 0.15) is 24.2 Å². The highest BCUT2D eigenvalue weighted by Gasteiger charge is 2.34. The quantitative estimate of drug-likeness (QED) is 0.904. The molecule has 1 N–H and O–H groups in total. The molecule has 0 atom stereocenters. The molecule has 92 valence electrons. The molecular formula is C11H14BrFN4. The Hall–Kier alpha value is -0.930. The Labute approximate surface area is 108 Å². The SMILES string of the molecule is Cn1nc(C#N)c(Br)c1CC1(F)CCNCC1. The van der Waals surface area contributed by atoms with Crippen LogP contribution in [0.25, 0.3) is 0 Å². The van der Waals surface area contributed by atoms with Crippen molar-refractivity contribution in [3.05, 3.63) is 15.9 Å². The largest absolute Gasteiger partial charge is 0.316 e. The lowest BCUT2D eigenvalue weighted by Crippen LogP contribution is -2.40. The molecule has 0 spiro atoms. The lowest BCUT2D eigenvalue weighted by atomic mass is 9.89. The molecule has 0 amide bonds. The van der Waals surface area contributed by atoms with Crippen LogP contribution in [0.15, 0.2) is 4.47 Å². The molecule has 0 saturated carbocycles. The van der Waals surface area contributed by atoms with Gasteiger partial charge in [-0.15, -0.1) is 0 Å². The van der Waals surface area contributed by atoms with Gasteiger partial charge in [0, 0.05) is 13.5 Å². The molecule has 1 aliphatic heterocycles. The lowest BCUT2D eigenvalue weighted by molar-refractivity contribution is 0.113. The number of nitriles is 1. The molecule has 0 bridgehead atoms. The predicted octanol–water partition coefficient (Wildman–Crippen LogP) is 1.69. The van der Waals surface area contributed by atoms with Crippen LogP contribution in [0.3, 0.4) is 0 Å². The number of hydrogen-bond acceptors (Lipinski definition) is 3. The van der Waals surface area contributed by atoms with Gasteiger partial charge in [-0.3, -0.25) is 4.68 Å². The standard InChI is InChI=1S/C11H14BrFN4/c1-17-9(10(12)8(7-14)16-17)6-11(13)2-4-15-5-3-11/h15H,2-6H2,1H3. The van der Waals surface area contributed by atoms with Gasteiger partial charge < -0.3 is 5.32 Å². The van der Waals surface area contributed by atoms with Gasteiger partial charge in [0.1, 0.15) is 11.7 Å². The van der Waals surface area contributed by atoms with Crippen molar-refractivity contribution < 1.29 is 4.39 Å². The van der Waals surface area contributed by atoms with Crippen LogP contribution in [-0.2, 0) is 13.5 Å². The van der Waals surface area contributed by atoms with E-state index in [1.807, 2.05) is 6.07 Å². The topological polar surface area (TPSA) is 53.6 Å². The predicted molar refractivity (Wildman–Crippen MR) is 65.3 cm³/mol. The summed E-state index contributed by atoms with van der Waals surface area (Å²) in [6.07, 6.45) is 1.32. The van der Waals surface area contributed by atoms with E-state index in [0.29, 0.717) is 42.5 Å². The highest BCUT2D eigenvalue weighted by atomic mass is 79.9. The van der Waals surface area contributed by atoms with Crippen LogP contribution in [0, 0.1) is 11.3 Å². The van der Waals surface area contributed by atoms with Gasteiger partial charge in [0.2, 0.25) is 0 Å². The third-order valence-corrected chi connectivity index (χ3v) is 4.02. The average molecular weight is 301 g/mol. The van der Waals surface area contributed by atoms with Crippen LogP contribution in [-0.4, -0.2) is 28.5 Å². The minimum Gasteiger partial charge on any atom is -0.316 e. The van der Waals surface area contributed by atoms with Crippen molar-refractivity contribution in [1.82, 2.24) is 15.1 Å². The first kappa shape index (κ1) is 12.5. The monoisotopic (exact) mass is 300 g/mol. The van der Waals surface area contributed by atoms with Crippen molar-refractivity contribution in [2.24, 2.45) is 7.05 Å². The van der Waals surface area contributed by atoms with Gasteiger partial charge in [0.25, 0.3) is 0 Å². The highest BCUT2D eigenvalue weighted by molar-refractivity contribution is 9.10. The zero-order chi connectivity index (χ0) is 12.5. The van der Waals surface area contributed by atoms with Crippen molar-refractivity contribution in [2.45, 2.75) is 24.9 Å². The Bertz CT molecular complexity index is 457. The number of nitrogens with zero attached hydrogens (tertiary/aromatic N) is 3. The molecule has 17 heavy (non-hydrogen) atoms. The zero-order valence-electron chi connectivity index (χ0n) is 9.63. The number of rotatable bonds is 2. The third-order valence-electron chi connectivity index (χ3n) is 3.19. The molecule has 0 aliphatic carbocycles. The number of hydrogen-bond donors (Lipinski definition) is 1. The van der Waals surface area contributed by atoms with E-state index in [1.54, 1.807) is 11.7 Å². The summed E-state index contributed by atoms with van der Waals surface area (Å²) in [6.45, 7) is 1.41. The number of aromatic nitrogens is 2. The van der Waals surface area contributed by atoms with Crippen molar-refractivity contribution in [3.8, 4) is 6.07 Å². The number of piperidine rings is 1. The third kappa shape index (κ3) is 2.50. The minimum atomic E-state index is -1.19. The summed E-state index contributed by atoms with van der Waals surface area (Å²) in [6, 6.07) is 1.99. The lowest BCUT2D eigenvalue weighted by Gasteiger charge is -2.30. The molecule has 4 nitrogen and oxygen atoms in total. The molecule has 2 heterocycles. The first-order chi connectivity index (χ1) is 8.06. The van der Waals surface area contributed by atoms with Crippen molar-refractivity contribution >= 4 is 15.9 Å². The summed E-state index contributed by atoms with van der Waals surface area (Å²) >= 11 is 3.33. The van der Waals surface area contributed by atoms with Crippen LogP contribution < -0.4 is 5.32 Å². The number of halogens is 2. The van der Waals surface area contributed by atoms with Gasteiger partial charge in [0.15, 0.2) is 5.69 Å². The fourth-order valence-corrected chi connectivity index (χ4v) is 2.71. The maximum Gasteiger partial charge on any atom is 0.176 e. The summed E-state index contributed by atoms with van der Waals surface area (Å²) in [7, 11) is 1.74. The van der Waals surface area contributed by atoms with Crippen molar-refractivity contribution in [3.63, 3.8) is 0 Å². The van der Waals surface area contributed by atoms with E-state index < -0.39 is 5.67 Å². The Morgan fingerprint density at radius 3 is 2.76 bits per heavy atom. The van der Waals surface area contributed by atoms with Gasteiger partial charge in [-0.05, 0) is 41.9 Å². The fraction of sp³-hybridized carbons (Fsp3) is 0.636. The van der Waals surface area contributed by atoms with E-state index in [4.69, 9.17) is 5.26 Å². The molecule has 1 aliphatic rings. The summed E-state index contributed by atoms with van der Waals surface area (Å²) in [5, 5.41) is 16.1. The second-order valence-electron chi connectivity index (χ2n) is 4.42. The summed E-state index contributed by atoms with van der Waals surface area (Å²) < 4.78 is 16.8. The highest BCUT2D eigenvalue weighted by Crippen LogP contribution is 2.31. The van der Waals surface area contributed by atoms with E-state index in [2.05, 4.69) is 26.3 Å². The normalized spacial score (nSPS) is 18.9. The van der Waals surface area contributed by atoms with Gasteiger partial charge in [-0.1, -0.05) is 0 Å². The maximum absolute atomic E-state index is 14.5. The van der Waals surface area contributed by atoms with Gasteiger partial charge >= 0.3 is 0 Å². The first-order valence-electron chi connectivity index (χ1n) is 5.57. The van der Waals surface area contributed by atoms with Crippen LogP contribution >= 0.6 is 15.9 Å². The average Bonchev–Trinajstić information content (AvgIpc) is 2.57. The molecule has 6 heteroatoms. The van der Waals surface area contributed by atoms with E-state index in [-0.39, 0.29) is 0 Å². The smallest absolute Gasteiger partial charge is 0.176 e. The van der Waals surface area contributed by atoms with E-state index >= 15 is 0 Å². The molecule has 1 aromatic rings. The Balaban J connectivity index is 2.24. The molecule has 0 aromatic carbocycles. The second-order valence-corrected chi connectivity index (χ2v) is 5.22. The van der Waals surface area contributed by atoms with E-state index in [0.717, 1.165) is 5.69 Å². The van der Waals surface area contributed by atoms with Crippen LogP contribution in [0.4, 0.5) is 4.39 Å². The number of nitrogens with one attached hydrogen (secondary N) is 1. The molecule has 0 radical (unpaired) electrons. The second kappa shape index (κ2) is 4.75. The first-order valence-corrected chi connectivity index (χ1v) is 6.36. The van der Waals surface area contributed by atoms with Crippen molar-refractivity contribution in [1.29, 1.82) is 5.26 Å². The molecule has 2 rings (SSSR count). The molecular weight excluding hydrogens is 287 g/mol. The minimum absolute atomic E-state index is 0.306. The maximum atomic E-state index is 14.5. The van der Waals surface area contributed by atoms with Gasteiger partial charge in [-0.25, -0.2) is 4.39 Å². The summed E-state index contributed by atoms with van der Waals surface area (Å²) in [5.41, 5.74) is -0.111. The van der Waals surface area contributed by atoms with Gasteiger partial charge in [-0.2, -0.15) is 10.4 Å². The molecule has 1 saturated heterocycles.